The summed E-state index contributed by atoms with van der Waals surface area (Å²) in [5.74, 6) is -0.601. The summed E-state index contributed by atoms with van der Waals surface area (Å²) in [7, 11) is 0. The first-order valence-electron chi connectivity index (χ1n) is 3.24. The van der Waals surface area contributed by atoms with E-state index >= 15 is 0 Å². The van der Waals surface area contributed by atoms with Gasteiger partial charge < -0.3 is 0 Å². The molecule has 1 aliphatic rings. The Bertz CT molecular complexity index is 316. The number of fused-ring (bicyclic) bond motifs is 1. The molecule has 0 saturated carbocycles. The van der Waals surface area contributed by atoms with Crippen LogP contribution in [0.1, 0.15) is 20.7 Å². The molecule has 1 aromatic rings. The molecule has 1 N–H and O–H groups in total. The van der Waals surface area contributed by atoms with Gasteiger partial charge in [0.2, 0.25) is 0 Å². The van der Waals surface area contributed by atoms with Crippen LogP contribution in [0.15, 0.2) is 24.3 Å². The van der Waals surface area contributed by atoms with E-state index in [1.165, 1.54) is 0 Å². The van der Waals surface area contributed by atoms with E-state index in [4.69, 9.17) is 0 Å². The van der Waals surface area contributed by atoms with E-state index in [0.717, 1.165) is 0 Å². The molecule has 0 unspecified atom stereocenters. The zero-order valence-corrected chi connectivity index (χ0v) is 11.5. The Morgan fingerprint density at radius 2 is 1.33 bits per heavy atom. The van der Waals surface area contributed by atoms with Crippen LogP contribution in [-0.4, -0.2) is 70.0 Å². The number of amides is 2. The fourth-order valence-corrected chi connectivity index (χ4v) is 1.12. The third-order valence-electron chi connectivity index (χ3n) is 1.64. The molecule has 0 spiro atoms. The number of nitrogens with one attached hydrogen (secondary N) is 1. The third kappa shape index (κ3) is 1.59. The van der Waals surface area contributed by atoms with Crippen LogP contribution in [0.4, 0.5) is 0 Å². The van der Waals surface area contributed by atoms with Crippen molar-refractivity contribution < 1.29 is 9.59 Å². The van der Waals surface area contributed by atoms with E-state index in [9.17, 15) is 9.59 Å². The van der Waals surface area contributed by atoms with Crippen LogP contribution in [0.25, 0.3) is 0 Å². The number of imide groups is 1. The quantitative estimate of drug-likeness (QED) is 0.649. The zero-order chi connectivity index (χ0) is 7.84. The van der Waals surface area contributed by atoms with Crippen molar-refractivity contribution in [2.45, 2.75) is 0 Å². The number of hydrogen-bond acceptors (Lipinski definition) is 2. The monoisotopic (exact) mass is 232 g/mol. The van der Waals surface area contributed by atoms with Crippen LogP contribution in [0.5, 0.6) is 0 Å². The summed E-state index contributed by atoms with van der Waals surface area (Å²) in [5.41, 5.74) is 0.940. The molecule has 1 aliphatic heterocycles. The van der Waals surface area contributed by atoms with Gasteiger partial charge in [0.25, 0.3) is 11.8 Å². The molecule has 0 bridgehead atoms. The van der Waals surface area contributed by atoms with Gasteiger partial charge in [0.15, 0.2) is 0 Å². The molecule has 1 radical (unpaired) electrons. The second-order valence-corrected chi connectivity index (χ2v) is 2.33. The molecule has 2 amide bonds. The van der Waals surface area contributed by atoms with Crippen molar-refractivity contribution in [3.05, 3.63) is 35.4 Å². The predicted octanol–water partition coefficient (Wildman–Crippen LogP) is 0.189. The Morgan fingerprint density at radius 1 is 0.917 bits per heavy atom. The Balaban J connectivity index is 0.000000720. The predicted molar refractivity (Wildman–Crippen MR) is 44.0 cm³/mol. The molecule has 0 atom stereocenters. The first-order valence-corrected chi connectivity index (χ1v) is 3.24. The summed E-state index contributed by atoms with van der Waals surface area (Å²) in [5, 5.41) is 2.20. The number of hydrogen-bond donors (Lipinski definition) is 1. The van der Waals surface area contributed by atoms with Crippen LogP contribution in [-0.2, 0) is 0 Å². The molecule has 0 saturated heterocycles. The van der Waals surface area contributed by atoms with Gasteiger partial charge in [-0.05, 0) is 12.1 Å². The minimum Gasteiger partial charge on any atom is -0.288 e. The maximum atomic E-state index is 10.9. The largest absolute Gasteiger partial charge is 0.288 e. The van der Waals surface area contributed by atoms with E-state index < -0.39 is 0 Å². The maximum Gasteiger partial charge on any atom is 0.258 e. The van der Waals surface area contributed by atoms with Crippen molar-refractivity contribution in [3.63, 3.8) is 0 Å². The normalized spacial score (nSPS) is 13.3. The molecule has 12 heavy (non-hydrogen) atoms. The standard InChI is InChI=1S/C8H5NO2.Rb/c10-7-5-3-1-2-4-6(5)8(11)9-7;/h1-4H,(H,9,10,11);. The van der Waals surface area contributed by atoms with E-state index in [0.29, 0.717) is 11.1 Å². The molecular weight excluding hydrogens is 228 g/mol. The van der Waals surface area contributed by atoms with Gasteiger partial charge in [0.1, 0.15) is 0 Å². The molecular formula is C8H5NO2Rb. The average molecular weight is 233 g/mol. The molecule has 1 heterocycles. The number of benzene rings is 1. The molecule has 1 aromatic carbocycles. The number of carbonyl (C=O) groups is 2. The molecule has 3 nitrogen and oxygen atoms in total. The van der Waals surface area contributed by atoms with Crippen molar-refractivity contribution in [2.75, 3.05) is 0 Å². The smallest absolute Gasteiger partial charge is 0.258 e. The minimum absolute atomic E-state index is 0. The van der Waals surface area contributed by atoms with E-state index in [-0.39, 0.29) is 70.0 Å². The molecule has 55 valence electrons. The van der Waals surface area contributed by atoms with E-state index in [1.807, 2.05) is 0 Å². The van der Waals surface area contributed by atoms with Gasteiger partial charge in [-0.25, -0.2) is 0 Å². The Labute approximate surface area is 118 Å². The molecule has 4 heteroatoms. The fourth-order valence-electron chi connectivity index (χ4n) is 1.12. The van der Waals surface area contributed by atoms with Crippen LogP contribution < -0.4 is 5.32 Å². The Kier molecular flexibility index (Phi) is 3.34. The number of carbonyl (C=O) groups excluding carboxylic acids is 2. The van der Waals surface area contributed by atoms with Crippen molar-refractivity contribution in [3.8, 4) is 0 Å². The molecule has 2 rings (SSSR count). The van der Waals surface area contributed by atoms with Crippen molar-refractivity contribution >= 4 is 70.0 Å². The summed E-state index contributed by atoms with van der Waals surface area (Å²) in [4.78, 5) is 21.9. The minimum atomic E-state index is -0.300. The third-order valence-corrected chi connectivity index (χ3v) is 1.64. The summed E-state index contributed by atoms with van der Waals surface area (Å²) < 4.78 is 0. The Hall–Kier alpha value is 0.165. The molecule has 0 aromatic heterocycles. The zero-order valence-electron chi connectivity index (χ0n) is 6.63. The second-order valence-electron chi connectivity index (χ2n) is 2.33. The van der Waals surface area contributed by atoms with E-state index in [1.54, 1.807) is 24.3 Å². The van der Waals surface area contributed by atoms with Crippen molar-refractivity contribution in [1.29, 1.82) is 0 Å². The van der Waals surface area contributed by atoms with Gasteiger partial charge in [-0.3, -0.25) is 14.9 Å². The van der Waals surface area contributed by atoms with Gasteiger partial charge in [0.05, 0.1) is 11.1 Å². The summed E-state index contributed by atoms with van der Waals surface area (Å²) in [6.45, 7) is 0. The van der Waals surface area contributed by atoms with E-state index in [2.05, 4.69) is 5.32 Å². The van der Waals surface area contributed by atoms with Crippen LogP contribution in [0, 0.1) is 0 Å². The first-order chi connectivity index (χ1) is 5.29. The Morgan fingerprint density at radius 3 is 1.75 bits per heavy atom. The maximum absolute atomic E-state index is 10.9. The van der Waals surface area contributed by atoms with Gasteiger partial charge in [-0.1, -0.05) is 12.1 Å². The van der Waals surface area contributed by atoms with Crippen LogP contribution >= 0.6 is 0 Å². The SMILES string of the molecule is O=C1NC(=O)c2ccccc21.[Rb]. The topological polar surface area (TPSA) is 46.2 Å². The van der Waals surface area contributed by atoms with Gasteiger partial charge in [-0.15, -0.1) is 0 Å². The van der Waals surface area contributed by atoms with Crippen molar-refractivity contribution in [1.82, 2.24) is 5.32 Å². The second kappa shape index (κ2) is 3.92. The van der Waals surface area contributed by atoms with Crippen molar-refractivity contribution in [2.24, 2.45) is 0 Å². The summed E-state index contributed by atoms with van der Waals surface area (Å²) >= 11 is 0. The van der Waals surface area contributed by atoms with Gasteiger partial charge in [-0.2, -0.15) is 0 Å². The fraction of sp³-hybridized carbons (Fsp3) is 0. The molecule has 0 aliphatic carbocycles. The van der Waals surface area contributed by atoms with Gasteiger partial charge >= 0.3 is 0 Å². The summed E-state index contributed by atoms with van der Waals surface area (Å²) in [6.07, 6.45) is 0. The first kappa shape index (κ1) is 10.2. The van der Waals surface area contributed by atoms with Crippen LogP contribution in [0.2, 0.25) is 0 Å². The summed E-state index contributed by atoms with van der Waals surface area (Å²) in [6, 6.07) is 6.74. The number of rotatable bonds is 0. The van der Waals surface area contributed by atoms with Crippen LogP contribution in [0.3, 0.4) is 0 Å². The van der Waals surface area contributed by atoms with Gasteiger partial charge in [0, 0.05) is 58.2 Å². The average Bonchev–Trinajstić information content (AvgIpc) is 2.30. The molecule has 0 fully saturated rings.